The van der Waals surface area contributed by atoms with Crippen molar-refractivity contribution in [1.29, 1.82) is 0 Å². The van der Waals surface area contributed by atoms with Crippen LogP contribution in [0.1, 0.15) is 44.5 Å². The van der Waals surface area contributed by atoms with E-state index >= 15 is 0 Å². The zero-order valence-electron chi connectivity index (χ0n) is 13.1. The molecule has 1 aromatic heterocycles. The molecule has 0 spiro atoms. The molecule has 2 aliphatic rings. The zero-order valence-corrected chi connectivity index (χ0v) is 13.1. The van der Waals surface area contributed by atoms with Gasteiger partial charge >= 0.3 is 0 Å². The standard InChI is InChI=1S/C16H26N4/c1-11(2)20-14-5-6-15(20)10-19(8-7-14)16-17-12(3)9-13(4)18-16/h9,11,14-15H,5-8,10H2,1-4H3/t14-,15+/m1/s1. The second-order valence-electron chi connectivity index (χ2n) is 6.61. The van der Waals surface area contributed by atoms with Gasteiger partial charge in [-0.3, -0.25) is 4.90 Å². The first kappa shape index (κ1) is 13.8. The monoisotopic (exact) mass is 274 g/mol. The summed E-state index contributed by atoms with van der Waals surface area (Å²) in [6, 6.07) is 4.13. The normalized spacial score (nSPS) is 27.1. The molecule has 2 atom stereocenters. The Morgan fingerprint density at radius 2 is 1.70 bits per heavy atom. The first-order valence-electron chi connectivity index (χ1n) is 7.89. The minimum absolute atomic E-state index is 0.646. The van der Waals surface area contributed by atoms with Gasteiger partial charge in [-0.15, -0.1) is 0 Å². The van der Waals surface area contributed by atoms with Gasteiger partial charge in [0.05, 0.1) is 0 Å². The Balaban J connectivity index is 1.83. The van der Waals surface area contributed by atoms with Crippen LogP contribution in [0.15, 0.2) is 6.07 Å². The summed E-state index contributed by atoms with van der Waals surface area (Å²) in [5.74, 6) is 0.929. The lowest BCUT2D eigenvalue weighted by atomic mass is 10.1. The first-order valence-corrected chi connectivity index (χ1v) is 7.89. The molecule has 2 aliphatic heterocycles. The lowest BCUT2D eigenvalue weighted by Crippen LogP contribution is -2.43. The van der Waals surface area contributed by atoms with E-state index in [-0.39, 0.29) is 0 Å². The molecule has 0 unspecified atom stereocenters. The van der Waals surface area contributed by atoms with Gasteiger partial charge in [0.2, 0.25) is 5.95 Å². The van der Waals surface area contributed by atoms with E-state index in [1.807, 2.05) is 6.07 Å². The predicted molar refractivity (Wildman–Crippen MR) is 82.1 cm³/mol. The third-order valence-electron chi connectivity index (χ3n) is 4.69. The van der Waals surface area contributed by atoms with E-state index in [1.54, 1.807) is 0 Å². The zero-order chi connectivity index (χ0) is 14.3. The smallest absolute Gasteiger partial charge is 0.225 e. The number of hydrogen-bond donors (Lipinski definition) is 0. The van der Waals surface area contributed by atoms with Crippen molar-refractivity contribution in [2.45, 2.75) is 65.1 Å². The fraction of sp³-hybridized carbons (Fsp3) is 0.750. The van der Waals surface area contributed by atoms with Crippen molar-refractivity contribution in [2.75, 3.05) is 18.0 Å². The van der Waals surface area contributed by atoms with Crippen molar-refractivity contribution >= 4 is 5.95 Å². The van der Waals surface area contributed by atoms with E-state index in [0.29, 0.717) is 12.1 Å². The number of aromatic nitrogens is 2. The van der Waals surface area contributed by atoms with Crippen molar-refractivity contribution < 1.29 is 0 Å². The van der Waals surface area contributed by atoms with Crippen molar-refractivity contribution in [3.05, 3.63) is 17.5 Å². The third kappa shape index (κ3) is 2.53. The topological polar surface area (TPSA) is 32.3 Å². The van der Waals surface area contributed by atoms with Crippen molar-refractivity contribution in [2.24, 2.45) is 0 Å². The van der Waals surface area contributed by atoms with E-state index in [9.17, 15) is 0 Å². The molecule has 0 aliphatic carbocycles. The number of anilines is 1. The van der Waals surface area contributed by atoms with Crippen LogP contribution in [0.25, 0.3) is 0 Å². The quantitative estimate of drug-likeness (QED) is 0.829. The van der Waals surface area contributed by atoms with Gasteiger partial charge < -0.3 is 4.90 Å². The number of fused-ring (bicyclic) bond motifs is 2. The molecular weight excluding hydrogens is 248 g/mol. The van der Waals surface area contributed by atoms with Crippen LogP contribution in [0, 0.1) is 13.8 Å². The van der Waals surface area contributed by atoms with E-state index in [4.69, 9.17) is 0 Å². The SMILES string of the molecule is Cc1cc(C)nc(N2CC[C@H]3CC[C@@H](C2)N3C(C)C)n1. The summed E-state index contributed by atoms with van der Waals surface area (Å²) in [6.45, 7) is 10.9. The summed E-state index contributed by atoms with van der Waals surface area (Å²) in [7, 11) is 0. The fourth-order valence-electron chi connectivity index (χ4n) is 3.98. The molecule has 110 valence electrons. The molecule has 2 bridgehead atoms. The molecule has 1 aromatic rings. The Morgan fingerprint density at radius 3 is 2.35 bits per heavy atom. The van der Waals surface area contributed by atoms with Gasteiger partial charge in [0.15, 0.2) is 0 Å². The minimum Gasteiger partial charge on any atom is -0.339 e. The van der Waals surface area contributed by atoms with Gasteiger partial charge in [0.25, 0.3) is 0 Å². The highest BCUT2D eigenvalue weighted by Gasteiger charge is 2.38. The number of aryl methyl sites for hydroxylation is 2. The van der Waals surface area contributed by atoms with Crippen LogP contribution in [-0.4, -0.2) is 46.1 Å². The molecule has 2 saturated heterocycles. The maximum absolute atomic E-state index is 4.65. The van der Waals surface area contributed by atoms with Crippen LogP contribution in [0.3, 0.4) is 0 Å². The molecule has 2 fully saturated rings. The Kier molecular flexibility index (Phi) is 3.67. The van der Waals surface area contributed by atoms with Gasteiger partial charge in [-0.2, -0.15) is 0 Å². The molecule has 0 N–H and O–H groups in total. The van der Waals surface area contributed by atoms with E-state index in [1.165, 1.54) is 19.3 Å². The van der Waals surface area contributed by atoms with Crippen LogP contribution >= 0.6 is 0 Å². The molecule has 0 radical (unpaired) electrons. The van der Waals surface area contributed by atoms with Gasteiger partial charge in [0, 0.05) is 42.6 Å². The maximum Gasteiger partial charge on any atom is 0.225 e. The van der Waals surface area contributed by atoms with Gasteiger partial charge in [-0.25, -0.2) is 9.97 Å². The van der Waals surface area contributed by atoms with Crippen molar-refractivity contribution in [1.82, 2.24) is 14.9 Å². The van der Waals surface area contributed by atoms with Gasteiger partial charge in [-0.1, -0.05) is 0 Å². The molecular formula is C16H26N4. The molecule has 3 heterocycles. The molecule has 4 heteroatoms. The Hall–Kier alpha value is -1.16. The average Bonchev–Trinajstić information content (AvgIpc) is 2.63. The summed E-state index contributed by atoms with van der Waals surface area (Å²) in [5.41, 5.74) is 2.14. The van der Waals surface area contributed by atoms with Crippen LogP contribution in [0.4, 0.5) is 5.95 Å². The third-order valence-corrected chi connectivity index (χ3v) is 4.69. The van der Waals surface area contributed by atoms with Gasteiger partial charge in [-0.05, 0) is 53.0 Å². The molecule has 20 heavy (non-hydrogen) atoms. The highest BCUT2D eigenvalue weighted by atomic mass is 15.3. The minimum atomic E-state index is 0.646. The predicted octanol–water partition coefficient (Wildman–Crippen LogP) is 2.54. The van der Waals surface area contributed by atoms with E-state index in [2.05, 4.69) is 47.5 Å². The average molecular weight is 274 g/mol. The Labute approximate surface area is 122 Å². The summed E-state index contributed by atoms with van der Waals surface area (Å²) in [5, 5.41) is 0. The highest BCUT2D eigenvalue weighted by molar-refractivity contribution is 5.33. The van der Waals surface area contributed by atoms with Crippen LogP contribution in [0.2, 0.25) is 0 Å². The fourth-order valence-corrected chi connectivity index (χ4v) is 3.98. The molecule has 3 rings (SSSR count). The summed E-state index contributed by atoms with van der Waals surface area (Å²) >= 11 is 0. The molecule has 0 aromatic carbocycles. The summed E-state index contributed by atoms with van der Waals surface area (Å²) < 4.78 is 0. The summed E-state index contributed by atoms with van der Waals surface area (Å²) in [6.07, 6.45) is 3.93. The van der Waals surface area contributed by atoms with Crippen LogP contribution in [0.5, 0.6) is 0 Å². The molecule has 0 saturated carbocycles. The second-order valence-corrected chi connectivity index (χ2v) is 6.61. The Morgan fingerprint density at radius 1 is 1.05 bits per heavy atom. The van der Waals surface area contributed by atoms with E-state index < -0.39 is 0 Å². The lowest BCUT2D eigenvalue weighted by Gasteiger charge is -2.32. The first-order chi connectivity index (χ1) is 9.54. The number of rotatable bonds is 2. The van der Waals surface area contributed by atoms with Crippen molar-refractivity contribution in [3.8, 4) is 0 Å². The second kappa shape index (κ2) is 5.32. The van der Waals surface area contributed by atoms with Crippen molar-refractivity contribution in [3.63, 3.8) is 0 Å². The largest absolute Gasteiger partial charge is 0.339 e. The number of nitrogens with zero attached hydrogens (tertiary/aromatic N) is 4. The number of hydrogen-bond acceptors (Lipinski definition) is 4. The van der Waals surface area contributed by atoms with E-state index in [0.717, 1.165) is 36.5 Å². The lowest BCUT2D eigenvalue weighted by molar-refractivity contribution is 0.158. The van der Waals surface area contributed by atoms with Crippen LogP contribution < -0.4 is 4.90 Å². The Bertz CT molecular complexity index is 465. The molecule has 4 nitrogen and oxygen atoms in total. The van der Waals surface area contributed by atoms with Crippen LogP contribution in [-0.2, 0) is 0 Å². The summed E-state index contributed by atoms with van der Waals surface area (Å²) in [4.78, 5) is 14.4. The van der Waals surface area contributed by atoms with Gasteiger partial charge in [0.1, 0.15) is 0 Å². The highest BCUT2D eigenvalue weighted by Crippen LogP contribution is 2.32. The molecule has 0 amide bonds. The maximum atomic E-state index is 4.65.